The third-order valence-electron chi connectivity index (χ3n) is 2.67. The van der Waals surface area contributed by atoms with E-state index in [1.807, 2.05) is 6.20 Å². The number of halogens is 1. The van der Waals surface area contributed by atoms with Crippen LogP contribution in [0.15, 0.2) is 12.4 Å². The van der Waals surface area contributed by atoms with Crippen LogP contribution in [0, 0.1) is 5.92 Å². The van der Waals surface area contributed by atoms with Gasteiger partial charge in [0.2, 0.25) is 0 Å². The SMILES string of the molecule is CC(C)CN(c1cnc(CCl)cn1)C1CC1. The Kier molecular flexibility index (Phi) is 3.64. The lowest BCUT2D eigenvalue weighted by Gasteiger charge is -2.25. The van der Waals surface area contributed by atoms with E-state index in [0.29, 0.717) is 17.8 Å². The fraction of sp³-hybridized carbons (Fsp3) is 0.667. The molecule has 88 valence electrons. The molecule has 1 aliphatic rings. The molecule has 1 heterocycles. The quantitative estimate of drug-likeness (QED) is 0.740. The summed E-state index contributed by atoms with van der Waals surface area (Å²) in [5, 5.41) is 0. The minimum Gasteiger partial charge on any atom is -0.352 e. The lowest BCUT2D eigenvalue weighted by Crippen LogP contribution is -2.30. The molecular weight excluding hydrogens is 222 g/mol. The minimum absolute atomic E-state index is 0.431. The number of rotatable bonds is 5. The van der Waals surface area contributed by atoms with Crippen LogP contribution in [-0.2, 0) is 5.88 Å². The van der Waals surface area contributed by atoms with Gasteiger partial charge in [-0.3, -0.25) is 4.98 Å². The van der Waals surface area contributed by atoms with Crippen LogP contribution in [0.1, 0.15) is 32.4 Å². The van der Waals surface area contributed by atoms with Crippen molar-refractivity contribution in [2.45, 2.75) is 38.6 Å². The van der Waals surface area contributed by atoms with Crippen molar-refractivity contribution in [3.63, 3.8) is 0 Å². The van der Waals surface area contributed by atoms with Crippen molar-refractivity contribution in [2.24, 2.45) is 5.92 Å². The lowest BCUT2D eigenvalue weighted by atomic mass is 10.2. The van der Waals surface area contributed by atoms with E-state index in [0.717, 1.165) is 18.1 Å². The standard InChI is InChI=1S/C12H18ClN3/c1-9(2)8-16(11-3-4-11)12-7-14-10(5-13)6-15-12/h6-7,9,11H,3-5,8H2,1-2H3. The molecule has 1 aliphatic carbocycles. The maximum atomic E-state index is 5.70. The van der Waals surface area contributed by atoms with E-state index < -0.39 is 0 Å². The van der Waals surface area contributed by atoms with Crippen LogP contribution < -0.4 is 4.90 Å². The monoisotopic (exact) mass is 239 g/mol. The zero-order valence-electron chi connectivity index (χ0n) is 9.86. The molecule has 0 radical (unpaired) electrons. The van der Waals surface area contributed by atoms with Gasteiger partial charge in [0.25, 0.3) is 0 Å². The van der Waals surface area contributed by atoms with Crippen LogP contribution in [-0.4, -0.2) is 22.6 Å². The summed E-state index contributed by atoms with van der Waals surface area (Å²) in [6.45, 7) is 5.52. The number of nitrogens with zero attached hydrogens (tertiary/aromatic N) is 3. The van der Waals surface area contributed by atoms with E-state index in [-0.39, 0.29) is 0 Å². The molecule has 0 saturated heterocycles. The molecule has 1 fully saturated rings. The molecule has 0 atom stereocenters. The number of anilines is 1. The predicted molar refractivity (Wildman–Crippen MR) is 66.8 cm³/mol. The second-order valence-corrected chi connectivity index (χ2v) is 5.04. The normalized spacial score (nSPS) is 15.5. The highest BCUT2D eigenvalue weighted by molar-refractivity contribution is 6.16. The molecule has 0 bridgehead atoms. The highest BCUT2D eigenvalue weighted by Crippen LogP contribution is 2.30. The third kappa shape index (κ3) is 2.85. The summed E-state index contributed by atoms with van der Waals surface area (Å²) >= 11 is 5.70. The first-order chi connectivity index (χ1) is 7.70. The van der Waals surface area contributed by atoms with Crippen molar-refractivity contribution in [3.05, 3.63) is 18.1 Å². The summed E-state index contributed by atoms with van der Waals surface area (Å²) in [5.41, 5.74) is 0.839. The van der Waals surface area contributed by atoms with Crippen molar-refractivity contribution in [1.82, 2.24) is 9.97 Å². The molecule has 1 aromatic rings. The maximum Gasteiger partial charge on any atom is 0.147 e. The van der Waals surface area contributed by atoms with Gasteiger partial charge in [-0.05, 0) is 18.8 Å². The summed E-state index contributed by atoms with van der Waals surface area (Å²) in [5.74, 6) is 2.07. The molecule has 1 saturated carbocycles. The Morgan fingerprint density at radius 2 is 2.12 bits per heavy atom. The van der Waals surface area contributed by atoms with Crippen molar-refractivity contribution in [3.8, 4) is 0 Å². The third-order valence-corrected chi connectivity index (χ3v) is 2.95. The first-order valence-corrected chi connectivity index (χ1v) is 6.37. The first kappa shape index (κ1) is 11.6. The molecule has 3 nitrogen and oxygen atoms in total. The van der Waals surface area contributed by atoms with Gasteiger partial charge in [0.05, 0.1) is 24.0 Å². The zero-order valence-corrected chi connectivity index (χ0v) is 10.6. The molecule has 0 aromatic carbocycles. The number of aromatic nitrogens is 2. The Bertz CT molecular complexity index is 333. The van der Waals surface area contributed by atoms with E-state index in [2.05, 4.69) is 28.7 Å². The summed E-state index contributed by atoms with van der Waals surface area (Å²) in [6, 6.07) is 0.679. The summed E-state index contributed by atoms with van der Waals surface area (Å²) in [6.07, 6.45) is 6.19. The second kappa shape index (κ2) is 5.00. The number of hydrogen-bond acceptors (Lipinski definition) is 3. The molecule has 0 spiro atoms. The minimum atomic E-state index is 0.431. The van der Waals surface area contributed by atoms with Gasteiger partial charge in [0.1, 0.15) is 5.82 Å². The summed E-state index contributed by atoms with van der Waals surface area (Å²) in [4.78, 5) is 11.1. The summed E-state index contributed by atoms with van der Waals surface area (Å²) in [7, 11) is 0. The van der Waals surface area contributed by atoms with Gasteiger partial charge in [0, 0.05) is 12.6 Å². The van der Waals surface area contributed by atoms with Crippen molar-refractivity contribution in [1.29, 1.82) is 0 Å². The predicted octanol–water partition coefficient (Wildman–Crippen LogP) is 2.84. The first-order valence-electron chi connectivity index (χ1n) is 5.84. The maximum absolute atomic E-state index is 5.70. The van der Waals surface area contributed by atoms with Gasteiger partial charge in [-0.2, -0.15) is 0 Å². The Labute approximate surface area is 102 Å². The van der Waals surface area contributed by atoms with Crippen LogP contribution in [0.4, 0.5) is 5.82 Å². The van der Waals surface area contributed by atoms with Gasteiger partial charge in [-0.25, -0.2) is 4.98 Å². The molecule has 0 amide bonds. The summed E-state index contributed by atoms with van der Waals surface area (Å²) < 4.78 is 0. The van der Waals surface area contributed by atoms with Crippen LogP contribution in [0.2, 0.25) is 0 Å². The molecule has 0 aliphatic heterocycles. The molecule has 1 aromatic heterocycles. The van der Waals surface area contributed by atoms with Gasteiger partial charge < -0.3 is 4.90 Å². The van der Waals surface area contributed by atoms with Crippen LogP contribution in [0.3, 0.4) is 0 Å². The molecule has 2 rings (SSSR count). The van der Waals surface area contributed by atoms with Crippen molar-refractivity contribution in [2.75, 3.05) is 11.4 Å². The molecule has 0 unspecified atom stereocenters. The number of hydrogen-bond donors (Lipinski definition) is 0. The van der Waals surface area contributed by atoms with E-state index in [9.17, 15) is 0 Å². The highest BCUT2D eigenvalue weighted by atomic mass is 35.5. The van der Waals surface area contributed by atoms with E-state index in [4.69, 9.17) is 11.6 Å². The van der Waals surface area contributed by atoms with Crippen LogP contribution >= 0.6 is 11.6 Å². The average Bonchev–Trinajstić information content (AvgIpc) is 3.10. The fourth-order valence-corrected chi connectivity index (χ4v) is 1.91. The van der Waals surface area contributed by atoms with E-state index >= 15 is 0 Å². The van der Waals surface area contributed by atoms with Gasteiger partial charge in [-0.1, -0.05) is 13.8 Å². The topological polar surface area (TPSA) is 29.0 Å². The van der Waals surface area contributed by atoms with Crippen molar-refractivity contribution < 1.29 is 0 Å². The molecule has 0 N–H and O–H groups in total. The smallest absolute Gasteiger partial charge is 0.147 e. The molecule has 4 heteroatoms. The zero-order chi connectivity index (χ0) is 11.5. The molecular formula is C12H18ClN3. The second-order valence-electron chi connectivity index (χ2n) is 4.78. The Morgan fingerprint density at radius 1 is 1.38 bits per heavy atom. The highest BCUT2D eigenvalue weighted by Gasteiger charge is 2.30. The Hall–Kier alpha value is -0.830. The fourth-order valence-electron chi connectivity index (χ4n) is 1.77. The van der Waals surface area contributed by atoms with Crippen molar-refractivity contribution >= 4 is 17.4 Å². The van der Waals surface area contributed by atoms with Crippen LogP contribution in [0.5, 0.6) is 0 Å². The van der Waals surface area contributed by atoms with Gasteiger partial charge >= 0.3 is 0 Å². The van der Waals surface area contributed by atoms with Gasteiger partial charge in [0.15, 0.2) is 0 Å². The molecule has 16 heavy (non-hydrogen) atoms. The Balaban J connectivity index is 2.11. The number of alkyl halides is 1. The van der Waals surface area contributed by atoms with Crippen LogP contribution in [0.25, 0.3) is 0 Å². The van der Waals surface area contributed by atoms with E-state index in [1.165, 1.54) is 12.8 Å². The largest absolute Gasteiger partial charge is 0.352 e. The van der Waals surface area contributed by atoms with E-state index in [1.54, 1.807) is 6.20 Å². The Morgan fingerprint density at radius 3 is 2.56 bits per heavy atom. The van der Waals surface area contributed by atoms with Gasteiger partial charge in [-0.15, -0.1) is 11.6 Å². The lowest BCUT2D eigenvalue weighted by molar-refractivity contribution is 0.601. The average molecular weight is 240 g/mol.